The molecule has 0 aliphatic heterocycles. The molecule has 0 spiro atoms. The molecule has 0 fully saturated rings. The number of methoxy groups -OCH3 is 1. The molecule has 3 rings (SSSR count). The van der Waals surface area contributed by atoms with Crippen LogP contribution in [0.3, 0.4) is 0 Å². The summed E-state index contributed by atoms with van der Waals surface area (Å²) < 4.78 is 11.0. The average molecular weight is 361 g/mol. The molecule has 0 atom stereocenters. The van der Waals surface area contributed by atoms with Crippen molar-refractivity contribution < 1.29 is 9.47 Å². The Morgan fingerprint density at radius 1 is 1.08 bits per heavy atom. The Hall–Kier alpha value is -2.57. The first-order valence-corrected chi connectivity index (χ1v) is 7.77. The molecule has 7 heteroatoms. The van der Waals surface area contributed by atoms with Crippen molar-refractivity contribution in [3.8, 4) is 22.8 Å². The average Bonchev–Trinajstić information content (AvgIpc) is 3.11. The number of hydrogen-bond donors (Lipinski definition) is 2. The van der Waals surface area contributed by atoms with E-state index < -0.39 is 0 Å². The quantitative estimate of drug-likeness (QED) is 0.604. The number of para-hydroxylation sites is 2. The van der Waals surface area contributed by atoms with Crippen molar-refractivity contribution in [3.63, 3.8) is 0 Å². The molecule has 0 unspecified atom stereocenters. The van der Waals surface area contributed by atoms with Crippen molar-refractivity contribution in [2.45, 2.75) is 6.54 Å². The van der Waals surface area contributed by atoms with Gasteiger partial charge in [-0.1, -0.05) is 12.1 Å². The van der Waals surface area contributed by atoms with Gasteiger partial charge < -0.3 is 14.8 Å². The van der Waals surface area contributed by atoms with E-state index in [0.717, 1.165) is 34.9 Å². The predicted molar refractivity (Wildman–Crippen MR) is 99.3 cm³/mol. The molecule has 0 amide bonds. The van der Waals surface area contributed by atoms with Crippen LogP contribution < -0.4 is 14.8 Å². The van der Waals surface area contributed by atoms with Gasteiger partial charge in [0.05, 0.1) is 19.0 Å². The van der Waals surface area contributed by atoms with Crippen LogP contribution in [0.25, 0.3) is 11.3 Å². The fourth-order valence-electron chi connectivity index (χ4n) is 2.40. The summed E-state index contributed by atoms with van der Waals surface area (Å²) in [4.78, 5) is 4.14. The third-order valence-electron chi connectivity index (χ3n) is 3.59. The zero-order valence-electron chi connectivity index (χ0n) is 13.9. The molecule has 0 bridgehead atoms. The van der Waals surface area contributed by atoms with Crippen LogP contribution in [-0.4, -0.2) is 35.4 Å². The van der Waals surface area contributed by atoms with Crippen LogP contribution in [0.15, 0.2) is 55.0 Å². The van der Waals surface area contributed by atoms with Gasteiger partial charge in [-0.25, -0.2) is 0 Å². The van der Waals surface area contributed by atoms with E-state index in [1.807, 2.05) is 48.8 Å². The van der Waals surface area contributed by atoms with E-state index in [1.165, 1.54) is 0 Å². The number of halogens is 1. The smallest absolute Gasteiger partial charge is 0.161 e. The van der Waals surface area contributed by atoms with Gasteiger partial charge in [-0.3, -0.25) is 10.1 Å². The first-order chi connectivity index (χ1) is 11.9. The Labute approximate surface area is 153 Å². The van der Waals surface area contributed by atoms with Crippen LogP contribution in [0.1, 0.15) is 5.56 Å². The number of nitrogens with one attached hydrogen (secondary N) is 2. The summed E-state index contributed by atoms with van der Waals surface area (Å²) in [5.41, 5.74) is 3.11. The monoisotopic (exact) mass is 360 g/mol. The highest BCUT2D eigenvalue weighted by Gasteiger charge is 2.07. The van der Waals surface area contributed by atoms with E-state index in [4.69, 9.17) is 9.47 Å². The summed E-state index contributed by atoms with van der Waals surface area (Å²) in [6, 6.07) is 11.5. The number of ether oxygens (including phenoxy) is 2. The number of H-pyrrole nitrogens is 1. The fraction of sp³-hybridized carbons (Fsp3) is 0.222. The molecule has 132 valence electrons. The third kappa shape index (κ3) is 4.95. The van der Waals surface area contributed by atoms with Crippen molar-refractivity contribution >= 4 is 12.4 Å². The minimum atomic E-state index is 0. The van der Waals surface area contributed by atoms with Gasteiger partial charge in [-0.05, 0) is 24.3 Å². The van der Waals surface area contributed by atoms with E-state index in [9.17, 15) is 0 Å². The highest BCUT2D eigenvalue weighted by molar-refractivity contribution is 5.85. The Bertz CT molecular complexity index is 765. The summed E-state index contributed by atoms with van der Waals surface area (Å²) in [6.07, 6.45) is 5.41. The molecule has 0 aliphatic rings. The molecule has 0 saturated heterocycles. The van der Waals surface area contributed by atoms with E-state index in [1.54, 1.807) is 13.3 Å². The van der Waals surface area contributed by atoms with Crippen molar-refractivity contribution in [1.82, 2.24) is 20.5 Å². The first kappa shape index (κ1) is 18.8. The van der Waals surface area contributed by atoms with Crippen LogP contribution in [-0.2, 0) is 6.54 Å². The Balaban J connectivity index is 0.00000225. The van der Waals surface area contributed by atoms with Crippen LogP contribution >= 0.6 is 12.4 Å². The van der Waals surface area contributed by atoms with Crippen molar-refractivity contribution in [1.29, 1.82) is 0 Å². The number of hydrogen-bond acceptors (Lipinski definition) is 5. The van der Waals surface area contributed by atoms with Crippen LogP contribution in [0.4, 0.5) is 0 Å². The van der Waals surface area contributed by atoms with E-state index >= 15 is 0 Å². The van der Waals surface area contributed by atoms with Crippen molar-refractivity contribution in [2.24, 2.45) is 0 Å². The second-order valence-electron chi connectivity index (χ2n) is 5.19. The van der Waals surface area contributed by atoms with Gasteiger partial charge in [-0.2, -0.15) is 5.10 Å². The number of aromatic nitrogens is 3. The lowest BCUT2D eigenvalue weighted by atomic mass is 10.1. The van der Waals surface area contributed by atoms with Crippen LogP contribution in [0.2, 0.25) is 0 Å². The highest BCUT2D eigenvalue weighted by Crippen LogP contribution is 2.25. The standard InChI is InChI=1S/C18H20N4O2.ClH/c1-23-16-6-2-3-7-17(16)24-10-9-20-12-15-13-21-22-18(15)14-5-4-8-19-11-14;/h2-8,11,13,20H,9-10,12H2,1H3,(H,21,22);1H. The normalized spacial score (nSPS) is 10.1. The summed E-state index contributed by atoms with van der Waals surface area (Å²) >= 11 is 0. The van der Waals surface area contributed by atoms with Crippen LogP contribution in [0, 0.1) is 0 Å². The zero-order valence-corrected chi connectivity index (χ0v) is 14.8. The van der Waals surface area contributed by atoms with Gasteiger partial charge in [-0.15, -0.1) is 12.4 Å². The molecule has 2 aromatic heterocycles. The van der Waals surface area contributed by atoms with E-state index in [-0.39, 0.29) is 12.4 Å². The summed E-state index contributed by atoms with van der Waals surface area (Å²) in [7, 11) is 1.64. The maximum Gasteiger partial charge on any atom is 0.161 e. The molecule has 0 radical (unpaired) electrons. The van der Waals surface area contributed by atoms with Gasteiger partial charge in [0.25, 0.3) is 0 Å². The van der Waals surface area contributed by atoms with Gasteiger partial charge in [0.2, 0.25) is 0 Å². The molecular weight excluding hydrogens is 340 g/mol. The molecular formula is C18H21ClN4O2. The minimum Gasteiger partial charge on any atom is -0.493 e. The molecule has 25 heavy (non-hydrogen) atoms. The maximum absolute atomic E-state index is 5.74. The van der Waals surface area contributed by atoms with Crippen molar-refractivity contribution in [2.75, 3.05) is 20.3 Å². The molecule has 3 aromatic rings. The zero-order chi connectivity index (χ0) is 16.6. The lowest BCUT2D eigenvalue weighted by Gasteiger charge is -2.11. The Kier molecular flexibility index (Phi) is 7.25. The Morgan fingerprint density at radius 3 is 2.68 bits per heavy atom. The van der Waals surface area contributed by atoms with Gasteiger partial charge in [0.1, 0.15) is 6.61 Å². The number of pyridine rings is 1. The van der Waals surface area contributed by atoms with Gasteiger partial charge in [0.15, 0.2) is 11.5 Å². The number of aromatic amines is 1. The third-order valence-corrected chi connectivity index (χ3v) is 3.59. The predicted octanol–water partition coefficient (Wildman–Crippen LogP) is 3.07. The largest absolute Gasteiger partial charge is 0.493 e. The molecule has 1 aromatic carbocycles. The topological polar surface area (TPSA) is 72.1 Å². The van der Waals surface area contributed by atoms with Crippen molar-refractivity contribution in [3.05, 3.63) is 60.6 Å². The second kappa shape index (κ2) is 9.66. The highest BCUT2D eigenvalue weighted by atomic mass is 35.5. The number of nitrogens with zero attached hydrogens (tertiary/aromatic N) is 2. The fourth-order valence-corrected chi connectivity index (χ4v) is 2.40. The molecule has 6 nitrogen and oxygen atoms in total. The first-order valence-electron chi connectivity index (χ1n) is 7.77. The lowest BCUT2D eigenvalue weighted by molar-refractivity contribution is 0.292. The molecule has 2 N–H and O–H groups in total. The van der Waals surface area contributed by atoms with Crippen LogP contribution in [0.5, 0.6) is 11.5 Å². The van der Waals surface area contributed by atoms with Gasteiger partial charge in [0, 0.05) is 36.6 Å². The second-order valence-corrected chi connectivity index (χ2v) is 5.19. The maximum atomic E-state index is 5.74. The number of rotatable bonds is 8. The summed E-state index contributed by atoms with van der Waals surface area (Å²) in [5, 5.41) is 10.5. The lowest BCUT2D eigenvalue weighted by Crippen LogP contribution is -2.20. The SMILES string of the molecule is COc1ccccc1OCCNCc1cn[nH]c1-c1cccnc1.Cl. The molecule has 0 saturated carbocycles. The van der Waals surface area contributed by atoms with Gasteiger partial charge >= 0.3 is 0 Å². The molecule has 2 heterocycles. The molecule has 0 aliphatic carbocycles. The Morgan fingerprint density at radius 2 is 1.92 bits per heavy atom. The summed E-state index contributed by atoms with van der Waals surface area (Å²) in [5.74, 6) is 1.49. The minimum absolute atomic E-state index is 0. The number of benzene rings is 1. The summed E-state index contributed by atoms with van der Waals surface area (Å²) in [6.45, 7) is 1.98. The van der Waals surface area contributed by atoms with E-state index in [2.05, 4.69) is 20.5 Å². The van der Waals surface area contributed by atoms with E-state index in [0.29, 0.717) is 13.2 Å².